The molecule has 0 radical (unpaired) electrons. The standard InChI is InChI=1S/C16H30N4O/c1-8-21-9-12(10(2)3)18-14-11(4)13(17)19-15(20-14)16(5,6)7/h10,12H,8-9H2,1-7H3,(H3,17,18,19,20). The van der Waals surface area contributed by atoms with Gasteiger partial charge in [0.15, 0.2) is 0 Å². The number of nitrogens with zero attached hydrogens (tertiary/aromatic N) is 2. The van der Waals surface area contributed by atoms with Crippen LogP contribution in [0.5, 0.6) is 0 Å². The fourth-order valence-corrected chi connectivity index (χ4v) is 1.83. The van der Waals surface area contributed by atoms with E-state index in [9.17, 15) is 0 Å². The van der Waals surface area contributed by atoms with Crippen LogP contribution in [0.2, 0.25) is 0 Å². The van der Waals surface area contributed by atoms with Crippen LogP contribution in [-0.4, -0.2) is 29.2 Å². The zero-order valence-corrected chi connectivity index (χ0v) is 14.4. The second kappa shape index (κ2) is 7.07. The van der Waals surface area contributed by atoms with Gasteiger partial charge in [-0.1, -0.05) is 34.6 Å². The first-order valence-corrected chi connectivity index (χ1v) is 7.65. The van der Waals surface area contributed by atoms with Crippen molar-refractivity contribution >= 4 is 11.6 Å². The predicted molar refractivity (Wildman–Crippen MR) is 88.6 cm³/mol. The summed E-state index contributed by atoms with van der Waals surface area (Å²) < 4.78 is 5.56. The first-order chi connectivity index (χ1) is 9.66. The number of hydrogen-bond donors (Lipinski definition) is 2. The summed E-state index contributed by atoms with van der Waals surface area (Å²) in [4.78, 5) is 9.09. The quantitative estimate of drug-likeness (QED) is 0.843. The monoisotopic (exact) mass is 294 g/mol. The van der Waals surface area contributed by atoms with Gasteiger partial charge in [-0.2, -0.15) is 0 Å². The smallest absolute Gasteiger partial charge is 0.138 e. The molecule has 0 aliphatic carbocycles. The Kier molecular flexibility index (Phi) is 5.96. The third-order valence-corrected chi connectivity index (χ3v) is 3.48. The largest absolute Gasteiger partial charge is 0.383 e. The van der Waals surface area contributed by atoms with Gasteiger partial charge in [-0.15, -0.1) is 0 Å². The summed E-state index contributed by atoms with van der Waals surface area (Å²) in [6.45, 7) is 15.9. The zero-order valence-electron chi connectivity index (χ0n) is 14.4. The van der Waals surface area contributed by atoms with Gasteiger partial charge in [0.2, 0.25) is 0 Å². The fraction of sp³-hybridized carbons (Fsp3) is 0.750. The molecule has 0 amide bonds. The Morgan fingerprint density at radius 2 is 1.86 bits per heavy atom. The van der Waals surface area contributed by atoms with Crippen molar-refractivity contribution in [1.82, 2.24) is 9.97 Å². The second-order valence-electron chi connectivity index (χ2n) is 6.81. The number of anilines is 2. The van der Waals surface area contributed by atoms with E-state index in [2.05, 4.69) is 49.9 Å². The van der Waals surface area contributed by atoms with Crippen molar-refractivity contribution in [3.63, 3.8) is 0 Å². The van der Waals surface area contributed by atoms with Crippen molar-refractivity contribution in [1.29, 1.82) is 0 Å². The van der Waals surface area contributed by atoms with Gasteiger partial charge in [-0.3, -0.25) is 0 Å². The molecule has 1 aromatic heterocycles. The molecule has 21 heavy (non-hydrogen) atoms. The average Bonchev–Trinajstić information content (AvgIpc) is 2.37. The first-order valence-electron chi connectivity index (χ1n) is 7.65. The lowest BCUT2D eigenvalue weighted by Gasteiger charge is -2.25. The first kappa shape index (κ1) is 17.7. The van der Waals surface area contributed by atoms with Crippen molar-refractivity contribution in [2.45, 2.75) is 59.9 Å². The van der Waals surface area contributed by atoms with Crippen LogP contribution >= 0.6 is 0 Å². The molecule has 0 saturated carbocycles. The average molecular weight is 294 g/mol. The van der Waals surface area contributed by atoms with E-state index in [1.165, 1.54) is 0 Å². The zero-order chi connectivity index (χ0) is 16.2. The molecule has 0 bridgehead atoms. The number of hydrogen-bond acceptors (Lipinski definition) is 5. The summed E-state index contributed by atoms with van der Waals surface area (Å²) in [7, 11) is 0. The Morgan fingerprint density at radius 3 is 2.33 bits per heavy atom. The van der Waals surface area contributed by atoms with E-state index >= 15 is 0 Å². The summed E-state index contributed by atoms with van der Waals surface area (Å²) in [5.74, 6) is 2.54. The normalized spacial score (nSPS) is 13.5. The number of aromatic nitrogens is 2. The summed E-state index contributed by atoms with van der Waals surface area (Å²) >= 11 is 0. The van der Waals surface area contributed by atoms with Crippen molar-refractivity contribution in [3.05, 3.63) is 11.4 Å². The van der Waals surface area contributed by atoms with Gasteiger partial charge in [0, 0.05) is 17.6 Å². The number of nitrogen functional groups attached to an aromatic ring is 1. The summed E-state index contributed by atoms with van der Waals surface area (Å²) in [5, 5.41) is 3.48. The summed E-state index contributed by atoms with van der Waals surface area (Å²) in [5.41, 5.74) is 6.81. The molecule has 1 atom stereocenters. The van der Waals surface area contributed by atoms with E-state index < -0.39 is 0 Å². The maximum atomic E-state index is 6.05. The van der Waals surface area contributed by atoms with Crippen molar-refractivity contribution in [2.75, 3.05) is 24.3 Å². The molecule has 0 aliphatic rings. The highest BCUT2D eigenvalue weighted by atomic mass is 16.5. The lowest BCUT2D eigenvalue weighted by Crippen LogP contribution is -2.32. The Bertz CT molecular complexity index is 466. The molecule has 1 unspecified atom stereocenters. The van der Waals surface area contributed by atoms with E-state index in [4.69, 9.17) is 10.5 Å². The number of rotatable bonds is 6. The number of nitrogens with one attached hydrogen (secondary N) is 1. The minimum atomic E-state index is -0.133. The van der Waals surface area contributed by atoms with Crippen molar-refractivity contribution in [2.24, 2.45) is 5.92 Å². The number of ether oxygens (including phenoxy) is 1. The highest BCUT2D eigenvalue weighted by Crippen LogP contribution is 2.25. The van der Waals surface area contributed by atoms with Crippen LogP contribution in [0.4, 0.5) is 11.6 Å². The number of nitrogens with two attached hydrogens (primary N) is 1. The molecule has 0 aliphatic heterocycles. The van der Waals surface area contributed by atoms with E-state index in [0.29, 0.717) is 24.9 Å². The molecule has 1 heterocycles. The van der Waals surface area contributed by atoms with Crippen molar-refractivity contribution < 1.29 is 4.74 Å². The van der Waals surface area contributed by atoms with Gasteiger partial charge >= 0.3 is 0 Å². The third-order valence-electron chi connectivity index (χ3n) is 3.48. The van der Waals surface area contributed by atoms with Crippen LogP contribution in [0, 0.1) is 12.8 Å². The molecular formula is C16H30N4O. The minimum Gasteiger partial charge on any atom is -0.383 e. The molecule has 0 saturated heterocycles. The van der Waals surface area contributed by atoms with Gasteiger partial charge in [-0.05, 0) is 19.8 Å². The lowest BCUT2D eigenvalue weighted by molar-refractivity contribution is 0.126. The summed E-state index contributed by atoms with van der Waals surface area (Å²) in [6.07, 6.45) is 0. The second-order valence-corrected chi connectivity index (χ2v) is 6.81. The fourth-order valence-electron chi connectivity index (χ4n) is 1.83. The Labute approximate surface area is 128 Å². The van der Waals surface area contributed by atoms with Gasteiger partial charge < -0.3 is 15.8 Å². The molecule has 3 N–H and O–H groups in total. The van der Waals surface area contributed by atoms with E-state index in [1.54, 1.807) is 0 Å². The molecule has 1 aromatic rings. The van der Waals surface area contributed by atoms with Gasteiger partial charge in [0.1, 0.15) is 17.5 Å². The molecular weight excluding hydrogens is 264 g/mol. The topological polar surface area (TPSA) is 73.1 Å². The van der Waals surface area contributed by atoms with Gasteiger partial charge in [0.25, 0.3) is 0 Å². The van der Waals surface area contributed by atoms with Crippen LogP contribution in [0.15, 0.2) is 0 Å². The Balaban J connectivity index is 3.07. The molecule has 0 fully saturated rings. The van der Waals surface area contributed by atoms with Crippen LogP contribution in [0.1, 0.15) is 52.9 Å². The van der Waals surface area contributed by atoms with E-state index in [-0.39, 0.29) is 11.5 Å². The highest BCUT2D eigenvalue weighted by Gasteiger charge is 2.22. The van der Waals surface area contributed by atoms with E-state index in [0.717, 1.165) is 17.2 Å². The van der Waals surface area contributed by atoms with Crippen LogP contribution in [0.3, 0.4) is 0 Å². The lowest BCUT2D eigenvalue weighted by atomic mass is 9.95. The molecule has 1 rings (SSSR count). The highest BCUT2D eigenvalue weighted by molar-refractivity contribution is 5.55. The molecule has 0 aromatic carbocycles. The van der Waals surface area contributed by atoms with Crippen LogP contribution in [0.25, 0.3) is 0 Å². The van der Waals surface area contributed by atoms with Crippen molar-refractivity contribution in [3.8, 4) is 0 Å². The Hall–Kier alpha value is -1.36. The summed E-state index contributed by atoms with van der Waals surface area (Å²) in [6, 6.07) is 0.200. The maximum absolute atomic E-state index is 6.05. The molecule has 0 spiro atoms. The Morgan fingerprint density at radius 1 is 1.24 bits per heavy atom. The minimum absolute atomic E-state index is 0.133. The van der Waals surface area contributed by atoms with Gasteiger partial charge in [0.05, 0.1) is 12.6 Å². The third kappa shape index (κ3) is 4.84. The van der Waals surface area contributed by atoms with Crippen LogP contribution in [-0.2, 0) is 10.2 Å². The van der Waals surface area contributed by atoms with Gasteiger partial charge in [-0.25, -0.2) is 9.97 Å². The maximum Gasteiger partial charge on any atom is 0.138 e. The van der Waals surface area contributed by atoms with Crippen LogP contribution < -0.4 is 11.1 Å². The molecule has 5 nitrogen and oxygen atoms in total. The molecule has 5 heteroatoms. The predicted octanol–water partition coefficient (Wildman–Crippen LogP) is 3.14. The molecule has 120 valence electrons. The SMILES string of the molecule is CCOCC(Nc1nc(C(C)(C)C)nc(N)c1C)C(C)C. The van der Waals surface area contributed by atoms with E-state index in [1.807, 2.05) is 13.8 Å².